The minimum atomic E-state index is 0.200. The van der Waals surface area contributed by atoms with Crippen LogP contribution < -0.4 is 0 Å². The van der Waals surface area contributed by atoms with Crippen LogP contribution in [0.25, 0.3) is 5.57 Å². The maximum atomic E-state index is 2.50. The summed E-state index contributed by atoms with van der Waals surface area (Å²) in [6, 6.07) is 8.96. The highest BCUT2D eigenvalue weighted by Crippen LogP contribution is 2.50. The van der Waals surface area contributed by atoms with Crippen LogP contribution in [-0.4, -0.2) is 0 Å². The van der Waals surface area contributed by atoms with Crippen molar-refractivity contribution in [2.24, 2.45) is 0 Å². The van der Waals surface area contributed by atoms with Crippen LogP contribution in [0.15, 0.2) is 41.5 Å². The summed E-state index contributed by atoms with van der Waals surface area (Å²) in [7, 11) is 0. The predicted octanol–water partition coefficient (Wildman–Crippen LogP) is 5.25. The number of rotatable bonds is 2. The van der Waals surface area contributed by atoms with Gasteiger partial charge in [0.2, 0.25) is 0 Å². The van der Waals surface area contributed by atoms with E-state index in [1.54, 1.807) is 16.7 Å². The van der Waals surface area contributed by atoms with Gasteiger partial charge in [-0.15, -0.1) is 0 Å². The summed E-state index contributed by atoms with van der Waals surface area (Å²) in [6.45, 7) is 7.03. The maximum absolute atomic E-state index is 2.50. The molecule has 0 aliphatic heterocycles. The first-order valence-corrected chi connectivity index (χ1v) is 7.17. The fraction of sp³-hybridized carbons (Fsp3) is 0.444. The van der Waals surface area contributed by atoms with Crippen molar-refractivity contribution < 1.29 is 0 Å². The molecule has 18 heavy (non-hydrogen) atoms. The molecule has 0 bridgehead atoms. The van der Waals surface area contributed by atoms with Gasteiger partial charge >= 0.3 is 0 Å². The minimum Gasteiger partial charge on any atom is -0.0696 e. The van der Waals surface area contributed by atoms with Gasteiger partial charge in [-0.05, 0) is 41.5 Å². The third-order valence-corrected chi connectivity index (χ3v) is 4.54. The summed E-state index contributed by atoms with van der Waals surface area (Å²) in [4.78, 5) is 0. The average molecular weight is 238 g/mol. The molecule has 0 saturated carbocycles. The van der Waals surface area contributed by atoms with Gasteiger partial charge in [0.05, 0.1) is 0 Å². The van der Waals surface area contributed by atoms with Gasteiger partial charge in [-0.2, -0.15) is 0 Å². The highest BCUT2D eigenvalue weighted by molar-refractivity contribution is 5.83. The van der Waals surface area contributed by atoms with Crippen molar-refractivity contribution in [1.82, 2.24) is 0 Å². The first-order chi connectivity index (χ1) is 8.64. The van der Waals surface area contributed by atoms with Crippen molar-refractivity contribution in [3.05, 3.63) is 52.6 Å². The molecular formula is C18H22. The molecular weight excluding hydrogens is 216 g/mol. The molecule has 94 valence electrons. The van der Waals surface area contributed by atoms with Crippen LogP contribution in [0.4, 0.5) is 0 Å². The Kier molecular flexibility index (Phi) is 2.69. The van der Waals surface area contributed by atoms with Crippen LogP contribution in [-0.2, 0) is 5.41 Å². The van der Waals surface area contributed by atoms with Crippen molar-refractivity contribution in [1.29, 1.82) is 0 Å². The van der Waals surface area contributed by atoms with Gasteiger partial charge in [-0.3, -0.25) is 0 Å². The molecule has 0 radical (unpaired) electrons. The van der Waals surface area contributed by atoms with Crippen molar-refractivity contribution in [3.63, 3.8) is 0 Å². The molecule has 0 unspecified atom stereocenters. The highest BCUT2D eigenvalue weighted by atomic mass is 14.4. The van der Waals surface area contributed by atoms with E-state index in [2.05, 4.69) is 51.1 Å². The minimum absolute atomic E-state index is 0.200. The lowest BCUT2D eigenvalue weighted by molar-refractivity contribution is 0.647. The first-order valence-electron chi connectivity index (χ1n) is 7.17. The van der Waals surface area contributed by atoms with Gasteiger partial charge in [-0.1, -0.05) is 63.1 Å². The summed E-state index contributed by atoms with van der Waals surface area (Å²) in [5.74, 6) is 0. The number of allylic oxidation sites excluding steroid dienone is 4. The van der Waals surface area contributed by atoms with Crippen LogP contribution in [0.5, 0.6) is 0 Å². The van der Waals surface area contributed by atoms with E-state index in [4.69, 9.17) is 0 Å². The summed E-state index contributed by atoms with van der Waals surface area (Å²) < 4.78 is 0. The predicted molar refractivity (Wildman–Crippen MR) is 78.6 cm³/mol. The molecule has 0 amide bonds. The molecule has 0 heteroatoms. The van der Waals surface area contributed by atoms with E-state index >= 15 is 0 Å². The molecule has 0 nitrogen and oxygen atoms in total. The molecule has 1 aromatic carbocycles. The standard InChI is InChI=1S/C18H22/c1-4-7-13-10-11-15-14-8-5-6-9-16(14)18(2,3)17(15)12-13/h5-6,8-9,12H,4,7,10-11H2,1-3H3. The third kappa shape index (κ3) is 1.59. The van der Waals surface area contributed by atoms with E-state index in [9.17, 15) is 0 Å². The Labute approximate surface area is 110 Å². The van der Waals surface area contributed by atoms with Gasteiger partial charge in [0, 0.05) is 5.41 Å². The van der Waals surface area contributed by atoms with Crippen molar-refractivity contribution in [3.8, 4) is 0 Å². The second-order valence-electron chi connectivity index (χ2n) is 6.12. The monoisotopic (exact) mass is 238 g/mol. The zero-order chi connectivity index (χ0) is 12.8. The van der Waals surface area contributed by atoms with Crippen LogP contribution >= 0.6 is 0 Å². The topological polar surface area (TPSA) is 0 Å². The smallest absolute Gasteiger partial charge is 0.0155 e. The Morgan fingerprint density at radius 2 is 1.89 bits per heavy atom. The molecule has 0 N–H and O–H groups in total. The zero-order valence-corrected chi connectivity index (χ0v) is 11.7. The molecule has 0 spiro atoms. The van der Waals surface area contributed by atoms with E-state index in [1.165, 1.54) is 36.8 Å². The zero-order valence-electron chi connectivity index (χ0n) is 11.7. The van der Waals surface area contributed by atoms with Gasteiger partial charge in [-0.25, -0.2) is 0 Å². The summed E-state index contributed by atoms with van der Waals surface area (Å²) in [5, 5.41) is 0. The molecule has 1 aromatic rings. The Hall–Kier alpha value is -1.30. The van der Waals surface area contributed by atoms with E-state index in [0.717, 1.165) is 0 Å². The van der Waals surface area contributed by atoms with Crippen LogP contribution in [0.1, 0.15) is 57.6 Å². The molecule has 3 rings (SSSR count). The van der Waals surface area contributed by atoms with Crippen molar-refractivity contribution in [2.45, 2.75) is 51.9 Å². The van der Waals surface area contributed by atoms with Crippen LogP contribution in [0, 0.1) is 0 Å². The molecule has 2 aliphatic carbocycles. The second-order valence-corrected chi connectivity index (χ2v) is 6.12. The SMILES string of the molecule is CCCC1=CC2=C(CC1)c1ccccc1C2(C)C. The van der Waals surface area contributed by atoms with Crippen molar-refractivity contribution in [2.75, 3.05) is 0 Å². The average Bonchev–Trinajstić information content (AvgIpc) is 2.60. The number of benzene rings is 1. The highest BCUT2D eigenvalue weighted by Gasteiger charge is 2.37. The van der Waals surface area contributed by atoms with Gasteiger partial charge in [0.15, 0.2) is 0 Å². The van der Waals surface area contributed by atoms with Gasteiger partial charge in [0.1, 0.15) is 0 Å². The quantitative estimate of drug-likeness (QED) is 0.660. The van der Waals surface area contributed by atoms with Crippen LogP contribution in [0.2, 0.25) is 0 Å². The normalized spacial score (nSPS) is 20.5. The Morgan fingerprint density at radius 3 is 2.67 bits per heavy atom. The fourth-order valence-corrected chi connectivity index (χ4v) is 3.58. The summed E-state index contributed by atoms with van der Waals surface area (Å²) >= 11 is 0. The van der Waals surface area contributed by atoms with Gasteiger partial charge in [0.25, 0.3) is 0 Å². The van der Waals surface area contributed by atoms with Crippen LogP contribution in [0.3, 0.4) is 0 Å². The number of fused-ring (bicyclic) bond motifs is 2. The molecule has 0 saturated heterocycles. The third-order valence-electron chi connectivity index (χ3n) is 4.54. The Bertz CT molecular complexity index is 541. The summed E-state index contributed by atoms with van der Waals surface area (Å²) in [6.07, 6.45) is 7.53. The lowest BCUT2D eigenvalue weighted by atomic mass is 9.78. The fourth-order valence-electron chi connectivity index (χ4n) is 3.58. The maximum Gasteiger partial charge on any atom is 0.0155 e. The first kappa shape index (κ1) is 11.8. The number of hydrogen-bond acceptors (Lipinski definition) is 0. The van der Waals surface area contributed by atoms with Crippen molar-refractivity contribution >= 4 is 5.57 Å². The Morgan fingerprint density at radius 1 is 1.11 bits per heavy atom. The Balaban J connectivity index is 2.12. The van der Waals surface area contributed by atoms with E-state index < -0.39 is 0 Å². The molecule has 0 atom stereocenters. The van der Waals surface area contributed by atoms with E-state index in [-0.39, 0.29) is 5.41 Å². The molecule has 0 aromatic heterocycles. The lowest BCUT2D eigenvalue weighted by Crippen LogP contribution is -2.17. The number of hydrogen-bond donors (Lipinski definition) is 0. The second kappa shape index (κ2) is 4.12. The lowest BCUT2D eigenvalue weighted by Gasteiger charge is -2.25. The van der Waals surface area contributed by atoms with Gasteiger partial charge < -0.3 is 0 Å². The molecule has 0 heterocycles. The summed E-state index contributed by atoms with van der Waals surface area (Å²) in [5.41, 5.74) is 8.06. The molecule has 2 aliphatic rings. The van der Waals surface area contributed by atoms with E-state index in [1.807, 2.05) is 0 Å². The molecule has 0 fully saturated rings. The largest absolute Gasteiger partial charge is 0.0696 e. The van der Waals surface area contributed by atoms with E-state index in [0.29, 0.717) is 0 Å².